The van der Waals surface area contributed by atoms with Gasteiger partial charge in [0.25, 0.3) is 0 Å². The van der Waals surface area contributed by atoms with Gasteiger partial charge in [-0.05, 0) is 24.7 Å². The van der Waals surface area contributed by atoms with E-state index < -0.39 is 0 Å². The maximum atomic E-state index is 11.1. The highest BCUT2D eigenvalue weighted by Crippen LogP contribution is 2.30. The van der Waals surface area contributed by atoms with Crippen LogP contribution in [0.5, 0.6) is 0 Å². The summed E-state index contributed by atoms with van der Waals surface area (Å²) in [6.07, 6.45) is 2.22. The summed E-state index contributed by atoms with van der Waals surface area (Å²) in [5, 5.41) is 11.2. The van der Waals surface area contributed by atoms with Gasteiger partial charge in [-0.3, -0.25) is 4.79 Å². The quantitative estimate of drug-likeness (QED) is 0.699. The number of nitriles is 1. The van der Waals surface area contributed by atoms with Crippen LogP contribution in [0.15, 0.2) is 0 Å². The molecule has 1 aliphatic carbocycles. The lowest BCUT2D eigenvalue weighted by Crippen LogP contribution is -2.36. The molecule has 0 aromatic heterocycles. The zero-order chi connectivity index (χ0) is 9.84. The molecule has 1 fully saturated rings. The molecule has 1 saturated carbocycles. The van der Waals surface area contributed by atoms with Crippen LogP contribution >= 0.6 is 0 Å². The first kappa shape index (κ1) is 10.0. The van der Waals surface area contributed by atoms with Crippen LogP contribution in [0.3, 0.4) is 0 Å². The summed E-state index contributed by atoms with van der Waals surface area (Å²) < 4.78 is 0. The number of amides is 1. The van der Waals surface area contributed by atoms with E-state index in [9.17, 15) is 4.79 Å². The normalized spacial score (nSPS) is 32.5. The van der Waals surface area contributed by atoms with E-state index in [1.165, 1.54) is 6.42 Å². The number of nitrogens with one attached hydrogen (secondary N) is 1. The van der Waals surface area contributed by atoms with Crippen LogP contribution in [0.25, 0.3) is 0 Å². The van der Waals surface area contributed by atoms with Crippen molar-refractivity contribution in [1.29, 1.82) is 5.26 Å². The van der Waals surface area contributed by atoms with E-state index in [1.807, 2.05) is 6.07 Å². The third-order valence-electron chi connectivity index (χ3n) is 3.05. The summed E-state index contributed by atoms with van der Waals surface area (Å²) in [7, 11) is 0. The largest absolute Gasteiger partial charge is 0.352 e. The fourth-order valence-electron chi connectivity index (χ4n) is 1.90. The van der Waals surface area contributed by atoms with Crippen LogP contribution in [0, 0.1) is 23.2 Å². The maximum absolute atomic E-state index is 11.1. The van der Waals surface area contributed by atoms with Gasteiger partial charge in [0.1, 0.15) is 6.42 Å². The van der Waals surface area contributed by atoms with Crippen LogP contribution < -0.4 is 5.32 Å². The van der Waals surface area contributed by atoms with Crippen LogP contribution in [0.1, 0.15) is 33.1 Å². The molecule has 0 aromatic rings. The number of hydrogen-bond donors (Lipinski definition) is 1. The highest BCUT2D eigenvalue weighted by molar-refractivity contribution is 5.78. The lowest BCUT2D eigenvalue weighted by Gasteiger charge is -2.18. The number of carbonyl (C=O) groups is 1. The number of hydrogen-bond acceptors (Lipinski definition) is 2. The van der Waals surface area contributed by atoms with Crippen molar-refractivity contribution in [1.82, 2.24) is 5.32 Å². The summed E-state index contributed by atoms with van der Waals surface area (Å²) in [5.41, 5.74) is 0. The monoisotopic (exact) mass is 180 g/mol. The van der Waals surface area contributed by atoms with E-state index in [2.05, 4.69) is 19.2 Å². The van der Waals surface area contributed by atoms with E-state index in [4.69, 9.17) is 5.26 Å². The van der Waals surface area contributed by atoms with Crippen molar-refractivity contribution in [3.05, 3.63) is 0 Å². The molecule has 3 unspecified atom stereocenters. The average Bonchev–Trinajstić information content (AvgIpc) is 2.37. The van der Waals surface area contributed by atoms with Gasteiger partial charge < -0.3 is 5.32 Å². The molecule has 3 nitrogen and oxygen atoms in total. The first-order chi connectivity index (χ1) is 6.15. The van der Waals surface area contributed by atoms with E-state index in [1.54, 1.807) is 0 Å². The van der Waals surface area contributed by atoms with E-state index >= 15 is 0 Å². The summed E-state index contributed by atoms with van der Waals surface area (Å²) in [4.78, 5) is 11.1. The van der Waals surface area contributed by atoms with Gasteiger partial charge in [-0.25, -0.2) is 0 Å². The summed E-state index contributed by atoms with van der Waals surface area (Å²) in [5.74, 6) is 1.10. The molecule has 1 amide bonds. The summed E-state index contributed by atoms with van der Waals surface area (Å²) >= 11 is 0. The van der Waals surface area contributed by atoms with Crippen molar-refractivity contribution in [2.45, 2.75) is 39.2 Å². The lowest BCUT2D eigenvalue weighted by atomic mass is 9.98. The lowest BCUT2D eigenvalue weighted by molar-refractivity contribution is -0.121. The second-order valence-corrected chi connectivity index (χ2v) is 3.92. The summed E-state index contributed by atoms with van der Waals surface area (Å²) in [6, 6.07) is 2.14. The predicted octanol–water partition coefficient (Wildman–Crippen LogP) is 1.45. The number of rotatable bonds is 2. The topological polar surface area (TPSA) is 52.9 Å². The van der Waals surface area contributed by atoms with Gasteiger partial charge >= 0.3 is 0 Å². The van der Waals surface area contributed by atoms with Crippen molar-refractivity contribution < 1.29 is 4.79 Å². The molecule has 0 heterocycles. The Morgan fingerprint density at radius 2 is 2.23 bits per heavy atom. The van der Waals surface area contributed by atoms with Gasteiger partial charge in [-0.2, -0.15) is 5.26 Å². The van der Waals surface area contributed by atoms with Crippen LogP contribution in [-0.2, 0) is 4.79 Å². The Labute approximate surface area is 79.1 Å². The second kappa shape index (κ2) is 4.27. The molecule has 3 atom stereocenters. The number of carbonyl (C=O) groups excluding carboxylic acids is 1. The third kappa shape index (κ3) is 2.45. The molecule has 0 bridgehead atoms. The zero-order valence-electron chi connectivity index (χ0n) is 8.21. The summed E-state index contributed by atoms with van der Waals surface area (Å²) in [6.45, 7) is 4.37. The molecule has 0 aliphatic heterocycles. The molecule has 0 spiro atoms. The molecule has 0 radical (unpaired) electrons. The minimum Gasteiger partial charge on any atom is -0.352 e. The first-order valence-electron chi connectivity index (χ1n) is 4.81. The Morgan fingerprint density at radius 1 is 1.54 bits per heavy atom. The fraction of sp³-hybridized carbons (Fsp3) is 0.800. The van der Waals surface area contributed by atoms with Crippen molar-refractivity contribution in [2.75, 3.05) is 0 Å². The molecule has 1 N–H and O–H groups in total. The zero-order valence-corrected chi connectivity index (χ0v) is 8.21. The second-order valence-electron chi connectivity index (χ2n) is 3.92. The molecular formula is C10H16N2O. The fourth-order valence-corrected chi connectivity index (χ4v) is 1.90. The smallest absolute Gasteiger partial charge is 0.234 e. The average molecular weight is 180 g/mol. The molecule has 72 valence electrons. The van der Waals surface area contributed by atoms with Gasteiger partial charge in [0.15, 0.2) is 0 Å². The van der Waals surface area contributed by atoms with Crippen LogP contribution in [-0.4, -0.2) is 11.9 Å². The Bertz CT molecular complexity index is 232. The SMILES string of the molecule is CC1CCC(NC(=O)CC#N)C1C. The van der Waals surface area contributed by atoms with E-state index in [0.717, 1.165) is 6.42 Å². The first-order valence-corrected chi connectivity index (χ1v) is 4.81. The standard InChI is InChI=1S/C10H16N2O/c1-7-3-4-9(8(7)2)12-10(13)5-6-11/h7-9H,3-5H2,1-2H3,(H,12,13). The molecule has 1 aliphatic rings. The minimum absolute atomic E-state index is 0.0163. The highest BCUT2D eigenvalue weighted by Gasteiger charge is 2.30. The minimum atomic E-state index is -0.131. The van der Waals surface area contributed by atoms with Crippen molar-refractivity contribution in [3.63, 3.8) is 0 Å². The van der Waals surface area contributed by atoms with E-state index in [-0.39, 0.29) is 18.4 Å². The van der Waals surface area contributed by atoms with Gasteiger partial charge in [0, 0.05) is 6.04 Å². The molecular weight excluding hydrogens is 164 g/mol. The number of nitrogens with zero attached hydrogens (tertiary/aromatic N) is 1. The third-order valence-corrected chi connectivity index (χ3v) is 3.05. The van der Waals surface area contributed by atoms with E-state index in [0.29, 0.717) is 11.8 Å². The Balaban J connectivity index is 2.38. The van der Waals surface area contributed by atoms with Crippen LogP contribution in [0.2, 0.25) is 0 Å². The van der Waals surface area contributed by atoms with Gasteiger partial charge in [0.2, 0.25) is 5.91 Å². The van der Waals surface area contributed by atoms with Crippen molar-refractivity contribution in [3.8, 4) is 6.07 Å². The molecule has 0 saturated heterocycles. The molecule has 13 heavy (non-hydrogen) atoms. The van der Waals surface area contributed by atoms with Crippen molar-refractivity contribution >= 4 is 5.91 Å². The van der Waals surface area contributed by atoms with Gasteiger partial charge in [-0.15, -0.1) is 0 Å². The van der Waals surface area contributed by atoms with Gasteiger partial charge in [0.05, 0.1) is 6.07 Å². The van der Waals surface area contributed by atoms with Gasteiger partial charge in [-0.1, -0.05) is 13.8 Å². The maximum Gasteiger partial charge on any atom is 0.234 e. The molecule has 0 aromatic carbocycles. The van der Waals surface area contributed by atoms with Crippen LogP contribution in [0.4, 0.5) is 0 Å². The molecule has 1 rings (SSSR count). The Morgan fingerprint density at radius 3 is 2.69 bits per heavy atom. The molecule has 3 heteroatoms. The highest BCUT2D eigenvalue weighted by atomic mass is 16.1. The predicted molar refractivity (Wildman–Crippen MR) is 49.7 cm³/mol. The van der Waals surface area contributed by atoms with Crippen molar-refractivity contribution in [2.24, 2.45) is 11.8 Å². The Hall–Kier alpha value is -1.04. The Kier molecular flexibility index (Phi) is 3.30.